The Balaban J connectivity index is 4.06. The summed E-state index contributed by atoms with van der Waals surface area (Å²) in [6.07, 6.45) is 0.846. The minimum absolute atomic E-state index is 0.161. The lowest BCUT2D eigenvalue weighted by atomic mass is 9.93. The second kappa shape index (κ2) is 5.82. The van der Waals surface area contributed by atoms with Crippen LogP contribution in [0.1, 0.15) is 34.1 Å². The highest BCUT2D eigenvalue weighted by Crippen LogP contribution is 2.17. The SMILES string of the molecule is CNCC(C)S(=O)(=O)NCCC(C)(C)C. The molecule has 1 atom stereocenters. The van der Waals surface area contributed by atoms with Crippen molar-refractivity contribution in [3.8, 4) is 0 Å². The summed E-state index contributed by atoms with van der Waals surface area (Å²) in [5.74, 6) is 0. The molecule has 1 unspecified atom stereocenters. The lowest BCUT2D eigenvalue weighted by molar-refractivity contribution is 0.378. The van der Waals surface area contributed by atoms with Gasteiger partial charge in [0.15, 0.2) is 0 Å². The number of rotatable bonds is 6. The van der Waals surface area contributed by atoms with Crippen LogP contribution >= 0.6 is 0 Å². The average Bonchev–Trinajstić information content (AvgIpc) is 2.01. The third-order valence-corrected chi connectivity index (χ3v) is 4.03. The molecule has 2 N–H and O–H groups in total. The molecule has 0 rings (SSSR count). The highest BCUT2D eigenvalue weighted by Gasteiger charge is 2.20. The molecular formula is C10H24N2O2S. The Bertz CT molecular complexity index is 268. The first-order valence-electron chi connectivity index (χ1n) is 5.32. The molecule has 0 aliphatic rings. The summed E-state index contributed by atoms with van der Waals surface area (Å²) in [7, 11) is -1.41. The number of sulfonamides is 1. The molecule has 0 fully saturated rings. The van der Waals surface area contributed by atoms with Crippen LogP contribution in [0.3, 0.4) is 0 Å². The average molecular weight is 236 g/mol. The van der Waals surface area contributed by atoms with Crippen LogP contribution in [0.15, 0.2) is 0 Å². The highest BCUT2D eigenvalue weighted by molar-refractivity contribution is 7.90. The molecule has 0 aliphatic heterocycles. The van der Waals surface area contributed by atoms with E-state index in [0.29, 0.717) is 13.1 Å². The van der Waals surface area contributed by atoms with Crippen LogP contribution < -0.4 is 10.0 Å². The lowest BCUT2D eigenvalue weighted by Gasteiger charge is -2.19. The molecule has 0 aromatic carbocycles. The fraction of sp³-hybridized carbons (Fsp3) is 1.00. The van der Waals surface area contributed by atoms with Gasteiger partial charge in [0.05, 0.1) is 5.25 Å². The molecule has 0 aliphatic carbocycles. The van der Waals surface area contributed by atoms with Crippen molar-refractivity contribution in [2.24, 2.45) is 5.41 Å². The third-order valence-electron chi connectivity index (χ3n) is 2.20. The third kappa shape index (κ3) is 6.87. The first-order chi connectivity index (χ1) is 6.69. The van der Waals surface area contributed by atoms with Gasteiger partial charge in [0.1, 0.15) is 0 Å². The van der Waals surface area contributed by atoms with Gasteiger partial charge in [0.2, 0.25) is 10.0 Å². The monoisotopic (exact) mass is 236 g/mol. The zero-order chi connectivity index (χ0) is 12.1. The van der Waals surface area contributed by atoms with Crippen LogP contribution in [-0.2, 0) is 10.0 Å². The van der Waals surface area contributed by atoms with Crippen LogP contribution in [0.25, 0.3) is 0 Å². The van der Waals surface area contributed by atoms with Crippen LogP contribution in [0.2, 0.25) is 0 Å². The van der Waals surface area contributed by atoms with Crippen LogP contribution in [0.4, 0.5) is 0 Å². The largest absolute Gasteiger partial charge is 0.318 e. The van der Waals surface area contributed by atoms with E-state index in [1.165, 1.54) is 0 Å². The molecule has 0 aromatic heterocycles. The molecule has 0 aromatic rings. The van der Waals surface area contributed by atoms with Gasteiger partial charge in [-0.3, -0.25) is 0 Å². The Morgan fingerprint density at radius 1 is 1.27 bits per heavy atom. The van der Waals surface area contributed by atoms with Gasteiger partial charge in [-0.1, -0.05) is 20.8 Å². The van der Waals surface area contributed by atoms with E-state index in [0.717, 1.165) is 6.42 Å². The van der Waals surface area contributed by atoms with E-state index in [9.17, 15) is 8.42 Å². The van der Waals surface area contributed by atoms with Crippen molar-refractivity contribution < 1.29 is 8.42 Å². The van der Waals surface area contributed by atoms with Crippen molar-refractivity contribution in [1.29, 1.82) is 0 Å². The Labute approximate surface area is 93.9 Å². The maximum absolute atomic E-state index is 11.7. The fourth-order valence-corrected chi connectivity index (χ4v) is 2.16. The molecule has 0 radical (unpaired) electrons. The van der Waals surface area contributed by atoms with Gasteiger partial charge in [-0.25, -0.2) is 13.1 Å². The zero-order valence-corrected chi connectivity index (χ0v) is 11.2. The fourth-order valence-electron chi connectivity index (χ4n) is 1.11. The molecule has 92 valence electrons. The normalized spacial score (nSPS) is 15.3. The summed E-state index contributed by atoms with van der Waals surface area (Å²) in [5.41, 5.74) is 0.161. The highest BCUT2D eigenvalue weighted by atomic mass is 32.2. The summed E-state index contributed by atoms with van der Waals surface area (Å²) < 4.78 is 25.9. The van der Waals surface area contributed by atoms with Gasteiger partial charge in [-0.15, -0.1) is 0 Å². The van der Waals surface area contributed by atoms with Crippen molar-refractivity contribution in [3.63, 3.8) is 0 Å². The van der Waals surface area contributed by atoms with Gasteiger partial charge in [-0.05, 0) is 25.8 Å². The summed E-state index contributed by atoms with van der Waals surface area (Å²) >= 11 is 0. The van der Waals surface area contributed by atoms with Crippen molar-refractivity contribution in [1.82, 2.24) is 10.0 Å². The van der Waals surface area contributed by atoms with Crippen molar-refractivity contribution in [2.75, 3.05) is 20.1 Å². The summed E-state index contributed by atoms with van der Waals surface area (Å²) in [4.78, 5) is 0. The molecule has 5 heteroatoms. The molecule has 15 heavy (non-hydrogen) atoms. The van der Waals surface area contributed by atoms with E-state index in [-0.39, 0.29) is 10.7 Å². The molecule has 4 nitrogen and oxygen atoms in total. The van der Waals surface area contributed by atoms with Crippen molar-refractivity contribution >= 4 is 10.0 Å². The predicted molar refractivity (Wildman–Crippen MR) is 64.4 cm³/mol. The Kier molecular flexibility index (Phi) is 5.77. The molecule has 0 saturated heterocycles. The van der Waals surface area contributed by atoms with E-state index in [4.69, 9.17) is 0 Å². The minimum Gasteiger partial charge on any atom is -0.318 e. The van der Waals surface area contributed by atoms with Gasteiger partial charge in [-0.2, -0.15) is 0 Å². The van der Waals surface area contributed by atoms with Gasteiger partial charge >= 0.3 is 0 Å². The number of hydrogen-bond acceptors (Lipinski definition) is 3. The maximum atomic E-state index is 11.7. The van der Waals surface area contributed by atoms with Crippen molar-refractivity contribution in [2.45, 2.75) is 39.4 Å². The lowest BCUT2D eigenvalue weighted by Crippen LogP contribution is -2.39. The first kappa shape index (κ1) is 14.9. The molecule has 0 heterocycles. The maximum Gasteiger partial charge on any atom is 0.215 e. The summed E-state index contributed by atoms with van der Waals surface area (Å²) in [6.45, 7) is 8.98. The number of nitrogens with one attached hydrogen (secondary N) is 2. The first-order valence-corrected chi connectivity index (χ1v) is 6.87. The number of hydrogen-bond donors (Lipinski definition) is 2. The Morgan fingerprint density at radius 3 is 2.20 bits per heavy atom. The second-order valence-electron chi connectivity index (χ2n) is 5.12. The smallest absolute Gasteiger partial charge is 0.215 e. The molecule has 0 amide bonds. The quantitative estimate of drug-likeness (QED) is 0.722. The minimum atomic E-state index is -3.16. The van der Waals surface area contributed by atoms with E-state index in [1.807, 2.05) is 0 Å². The predicted octanol–water partition coefficient (Wildman–Crippen LogP) is 0.950. The molecular weight excluding hydrogens is 212 g/mol. The topological polar surface area (TPSA) is 58.2 Å². The molecule has 0 bridgehead atoms. The van der Waals surface area contributed by atoms with Gasteiger partial charge in [0.25, 0.3) is 0 Å². The van der Waals surface area contributed by atoms with E-state index >= 15 is 0 Å². The second-order valence-corrected chi connectivity index (χ2v) is 7.30. The molecule has 0 saturated carbocycles. The van der Waals surface area contributed by atoms with Gasteiger partial charge < -0.3 is 5.32 Å². The molecule has 0 spiro atoms. The Hall–Kier alpha value is -0.130. The summed E-state index contributed by atoms with van der Waals surface area (Å²) in [5, 5.41) is 2.47. The van der Waals surface area contributed by atoms with Crippen LogP contribution in [0.5, 0.6) is 0 Å². The van der Waals surface area contributed by atoms with E-state index in [1.54, 1.807) is 14.0 Å². The van der Waals surface area contributed by atoms with Crippen LogP contribution in [-0.4, -0.2) is 33.8 Å². The Morgan fingerprint density at radius 2 is 1.80 bits per heavy atom. The zero-order valence-electron chi connectivity index (χ0n) is 10.4. The summed E-state index contributed by atoms with van der Waals surface area (Å²) in [6, 6.07) is 0. The van der Waals surface area contributed by atoms with E-state index in [2.05, 4.69) is 30.8 Å². The standard InChI is InChI=1S/C10H24N2O2S/c1-9(8-11-5)15(13,14)12-7-6-10(2,3)4/h9,11-12H,6-8H2,1-5H3. The van der Waals surface area contributed by atoms with Gasteiger partial charge in [0, 0.05) is 13.1 Å². The van der Waals surface area contributed by atoms with Crippen molar-refractivity contribution in [3.05, 3.63) is 0 Å². The van der Waals surface area contributed by atoms with Crippen LogP contribution in [0, 0.1) is 5.41 Å². The van der Waals surface area contributed by atoms with E-state index < -0.39 is 10.0 Å².